The number of carbonyl (C=O) groups excluding carboxylic acids is 3. The van der Waals surface area contributed by atoms with Crippen LogP contribution in [0.15, 0.2) is 0 Å². The largest absolute Gasteiger partial charge is 0.481 e. The molecular formula is C17H30N4O7S. The zero-order valence-electron chi connectivity index (χ0n) is 16.8. The van der Waals surface area contributed by atoms with Gasteiger partial charge in [-0.05, 0) is 30.8 Å². The zero-order valence-corrected chi connectivity index (χ0v) is 17.6. The molecule has 0 radical (unpaired) electrons. The van der Waals surface area contributed by atoms with E-state index in [2.05, 4.69) is 16.0 Å². The van der Waals surface area contributed by atoms with Crippen LogP contribution >= 0.6 is 11.8 Å². The number of rotatable bonds is 14. The van der Waals surface area contributed by atoms with Gasteiger partial charge in [0, 0.05) is 6.42 Å². The molecule has 3 amide bonds. The first-order chi connectivity index (χ1) is 13.5. The van der Waals surface area contributed by atoms with Gasteiger partial charge in [-0.2, -0.15) is 11.8 Å². The van der Waals surface area contributed by atoms with Gasteiger partial charge in [0.15, 0.2) is 0 Å². The zero-order chi connectivity index (χ0) is 22.6. The topological polar surface area (TPSA) is 188 Å². The van der Waals surface area contributed by atoms with Crippen LogP contribution in [-0.2, 0) is 24.0 Å². The van der Waals surface area contributed by atoms with Crippen LogP contribution in [0.1, 0.15) is 33.1 Å². The molecule has 3 atom stereocenters. The maximum Gasteiger partial charge on any atom is 0.326 e. The number of thioether (sulfide) groups is 1. The van der Waals surface area contributed by atoms with Crippen LogP contribution in [0.25, 0.3) is 0 Å². The molecule has 11 nitrogen and oxygen atoms in total. The third-order valence-corrected chi connectivity index (χ3v) is 4.57. The second-order valence-electron chi connectivity index (χ2n) is 6.73. The fraction of sp³-hybridized carbons (Fsp3) is 0.706. The number of hydrogen-bond acceptors (Lipinski definition) is 7. The van der Waals surface area contributed by atoms with Crippen molar-refractivity contribution in [2.75, 3.05) is 18.6 Å². The molecule has 0 saturated carbocycles. The molecule has 0 saturated heterocycles. The van der Waals surface area contributed by atoms with Crippen LogP contribution in [-0.4, -0.2) is 76.6 Å². The van der Waals surface area contributed by atoms with Crippen molar-refractivity contribution in [2.24, 2.45) is 11.7 Å². The van der Waals surface area contributed by atoms with Crippen molar-refractivity contribution in [1.29, 1.82) is 0 Å². The van der Waals surface area contributed by atoms with E-state index in [0.717, 1.165) is 0 Å². The molecule has 0 aromatic heterocycles. The molecule has 0 aromatic rings. The lowest BCUT2D eigenvalue weighted by molar-refractivity contribution is -0.144. The van der Waals surface area contributed by atoms with E-state index < -0.39 is 66.7 Å². The van der Waals surface area contributed by atoms with Crippen molar-refractivity contribution in [3.63, 3.8) is 0 Å². The minimum atomic E-state index is -1.26. The van der Waals surface area contributed by atoms with Crippen LogP contribution in [0.4, 0.5) is 0 Å². The maximum atomic E-state index is 12.4. The molecule has 0 bridgehead atoms. The van der Waals surface area contributed by atoms with Crippen molar-refractivity contribution in [2.45, 2.75) is 51.2 Å². The first-order valence-corrected chi connectivity index (χ1v) is 10.5. The van der Waals surface area contributed by atoms with Crippen molar-refractivity contribution in [1.82, 2.24) is 16.0 Å². The van der Waals surface area contributed by atoms with E-state index in [4.69, 9.17) is 10.8 Å². The molecule has 29 heavy (non-hydrogen) atoms. The van der Waals surface area contributed by atoms with Gasteiger partial charge in [-0.15, -0.1) is 0 Å². The highest BCUT2D eigenvalue weighted by atomic mass is 32.2. The molecule has 7 N–H and O–H groups in total. The van der Waals surface area contributed by atoms with E-state index in [1.165, 1.54) is 11.8 Å². The third kappa shape index (κ3) is 11.3. The van der Waals surface area contributed by atoms with E-state index in [1.807, 2.05) is 6.26 Å². The Balaban J connectivity index is 4.89. The van der Waals surface area contributed by atoms with Crippen molar-refractivity contribution in [3.8, 4) is 0 Å². The molecule has 12 heteroatoms. The fourth-order valence-corrected chi connectivity index (χ4v) is 2.71. The van der Waals surface area contributed by atoms with Crippen LogP contribution in [0, 0.1) is 5.92 Å². The molecular weight excluding hydrogens is 404 g/mol. The van der Waals surface area contributed by atoms with Crippen LogP contribution in [0.3, 0.4) is 0 Å². The number of carboxylic acid groups (broad SMARTS) is 2. The molecule has 0 aliphatic rings. The predicted octanol–water partition coefficient (Wildman–Crippen LogP) is -1.24. The average Bonchev–Trinajstić information content (AvgIpc) is 2.64. The Labute approximate surface area is 173 Å². The Morgan fingerprint density at radius 1 is 1.00 bits per heavy atom. The lowest BCUT2D eigenvalue weighted by Crippen LogP contribution is -2.54. The normalized spacial score (nSPS) is 13.8. The van der Waals surface area contributed by atoms with Gasteiger partial charge >= 0.3 is 11.9 Å². The summed E-state index contributed by atoms with van der Waals surface area (Å²) in [6.45, 7) is 2.74. The summed E-state index contributed by atoms with van der Waals surface area (Å²) in [5.74, 6) is -4.23. The van der Waals surface area contributed by atoms with E-state index in [-0.39, 0.29) is 6.42 Å². The first-order valence-electron chi connectivity index (χ1n) is 9.06. The average molecular weight is 435 g/mol. The fourth-order valence-electron chi connectivity index (χ4n) is 2.22. The molecule has 3 unspecified atom stereocenters. The summed E-state index contributed by atoms with van der Waals surface area (Å²) in [6, 6.07) is -3.23. The van der Waals surface area contributed by atoms with E-state index in [1.54, 1.807) is 13.8 Å². The second-order valence-corrected chi connectivity index (χ2v) is 7.71. The number of nitrogens with two attached hydrogens (primary N) is 1. The highest BCUT2D eigenvalue weighted by Crippen LogP contribution is 2.05. The van der Waals surface area contributed by atoms with Gasteiger partial charge in [-0.1, -0.05) is 13.8 Å². The standard InChI is InChI=1S/C17H30N4O7S/c1-9(2)14(17(27)28)21-16(26)11(4-5-13(23)24)20-12(22)8-19-15(25)10(18)6-7-29-3/h9-11,14H,4-8,18H2,1-3H3,(H,19,25)(H,20,22)(H,21,26)(H,23,24)(H,27,28). The van der Waals surface area contributed by atoms with Crippen molar-refractivity contribution >= 4 is 41.4 Å². The quantitative estimate of drug-likeness (QED) is 0.194. The van der Waals surface area contributed by atoms with Gasteiger partial charge < -0.3 is 31.9 Å². The van der Waals surface area contributed by atoms with E-state index >= 15 is 0 Å². The minimum Gasteiger partial charge on any atom is -0.481 e. The van der Waals surface area contributed by atoms with Crippen molar-refractivity contribution in [3.05, 3.63) is 0 Å². The summed E-state index contributed by atoms with van der Waals surface area (Å²) in [7, 11) is 0. The Hall–Kier alpha value is -2.34. The van der Waals surface area contributed by atoms with Gasteiger partial charge in [0.05, 0.1) is 12.6 Å². The van der Waals surface area contributed by atoms with Gasteiger partial charge in [0.25, 0.3) is 0 Å². The Kier molecular flexibility index (Phi) is 12.7. The summed E-state index contributed by atoms with van der Waals surface area (Å²) in [6.07, 6.45) is 1.65. The molecule has 0 aromatic carbocycles. The third-order valence-electron chi connectivity index (χ3n) is 3.92. The number of hydrogen-bond donors (Lipinski definition) is 6. The Morgan fingerprint density at radius 2 is 1.62 bits per heavy atom. The minimum absolute atomic E-state index is 0.238. The molecule has 0 fully saturated rings. The van der Waals surface area contributed by atoms with Gasteiger partial charge in [0.2, 0.25) is 17.7 Å². The Bertz CT molecular complexity index is 600. The van der Waals surface area contributed by atoms with Crippen LogP contribution in [0.5, 0.6) is 0 Å². The maximum absolute atomic E-state index is 12.4. The monoisotopic (exact) mass is 434 g/mol. The Morgan fingerprint density at radius 3 is 2.10 bits per heavy atom. The first kappa shape index (κ1) is 26.7. The number of amides is 3. The molecule has 0 aliphatic carbocycles. The smallest absolute Gasteiger partial charge is 0.326 e. The summed E-state index contributed by atoms with van der Waals surface area (Å²) in [5, 5.41) is 25.0. The van der Waals surface area contributed by atoms with Gasteiger partial charge in [0.1, 0.15) is 12.1 Å². The van der Waals surface area contributed by atoms with Crippen LogP contribution < -0.4 is 21.7 Å². The van der Waals surface area contributed by atoms with E-state index in [9.17, 15) is 29.1 Å². The highest BCUT2D eigenvalue weighted by Gasteiger charge is 2.29. The predicted molar refractivity (Wildman–Crippen MR) is 107 cm³/mol. The number of carboxylic acids is 2. The van der Waals surface area contributed by atoms with Gasteiger partial charge in [-0.25, -0.2) is 4.79 Å². The molecule has 0 spiro atoms. The number of nitrogens with one attached hydrogen (secondary N) is 3. The summed E-state index contributed by atoms with van der Waals surface area (Å²) in [4.78, 5) is 58.4. The van der Waals surface area contributed by atoms with Crippen LogP contribution in [0.2, 0.25) is 0 Å². The molecule has 0 heterocycles. The molecule has 0 rings (SSSR count). The number of aliphatic carboxylic acids is 2. The summed E-state index contributed by atoms with van der Waals surface area (Å²) >= 11 is 1.53. The highest BCUT2D eigenvalue weighted by molar-refractivity contribution is 7.98. The van der Waals surface area contributed by atoms with E-state index in [0.29, 0.717) is 12.2 Å². The lowest BCUT2D eigenvalue weighted by Gasteiger charge is -2.23. The number of carbonyl (C=O) groups is 5. The second kappa shape index (κ2) is 13.8. The van der Waals surface area contributed by atoms with Crippen molar-refractivity contribution < 1.29 is 34.2 Å². The molecule has 166 valence electrons. The lowest BCUT2D eigenvalue weighted by atomic mass is 10.0. The SMILES string of the molecule is CSCCC(N)C(=O)NCC(=O)NC(CCC(=O)O)C(=O)NC(C(=O)O)C(C)C. The summed E-state index contributed by atoms with van der Waals surface area (Å²) < 4.78 is 0. The van der Waals surface area contributed by atoms with Gasteiger partial charge in [-0.3, -0.25) is 19.2 Å². The summed E-state index contributed by atoms with van der Waals surface area (Å²) in [5.41, 5.74) is 5.69. The molecule has 0 aliphatic heterocycles.